The maximum absolute atomic E-state index is 11.7. The Kier molecular flexibility index (Phi) is 4.19. The average molecular weight is 327 g/mol. The Morgan fingerprint density at radius 3 is 2.84 bits per heavy atom. The van der Waals surface area contributed by atoms with E-state index in [4.69, 9.17) is 4.74 Å². The Morgan fingerprint density at radius 1 is 1.58 bits per heavy atom. The number of halogens is 1. The SMILES string of the molecule is COc1ccc(Br)cc1CC1(C(=O)O)CCC(C)C1. The molecule has 1 fully saturated rings. The van der Waals surface area contributed by atoms with Gasteiger partial charge >= 0.3 is 5.97 Å². The number of ether oxygens (including phenoxy) is 1. The van der Waals surface area contributed by atoms with Crippen LogP contribution in [0.2, 0.25) is 0 Å². The van der Waals surface area contributed by atoms with Crippen LogP contribution in [0.15, 0.2) is 22.7 Å². The maximum Gasteiger partial charge on any atom is 0.309 e. The van der Waals surface area contributed by atoms with E-state index in [0.29, 0.717) is 12.3 Å². The molecule has 1 aliphatic carbocycles. The van der Waals surface area contributed by atoms with E-state index in [2.05, 4.69) is 22.9 Å². The smallest absolute Gasteiger partial charge is 0.309 e. The lowest BCUT2D eigenvalue weighted by Crippen LogP contribution is -2.30. The third kappa shape index (κ3) is 2.94. The zero-order valence-corrected chi connectivity index (χ0v) is 12.9. The molecule has 3 nitrogen and oxygen atoms in total. The van der Waals surface area contributed by atoms with E-state index in [1.807, 2.05) is 18.2 Å². The predicted octanol–water partition coefficient (Wildman–Crippen LogP) is 3.89. The zero-order chi connectivity index (χ0) is 14.0. The van der Waals surface area contributed by atoms with Crippen LogP contribution < -0.4 is 4.74 Å². The first-order valence-corrected chi connectivity index (χ1v) is 7.32. The molecule has 0 aromatic heterocycles. The topological polar surface area (TPSA) is 46.5 Å². The fourth-order valence-corrected chi connectivity index (χ4v) is 3.48. The largest absolute Gasteiger partial charge is 0.496 e. The number of methoxy groups -OCH3 is 1. The second kappa shape index (κ2) is 5.53. The van der Waals surface area contributed by atoms with Gasteiger partial charge in [0.1, 0.15) is 5.75 Å². The first-order valence-electron chi connectivity index (χ1n) is 6.53. The molecule has 0 aliphatic heterocycles. The van der Waals surface area contributed by atoms with Gasteiger partial charge in [-0.3, -0.25) is 4.79 Å². The van der Waals surface area contributed by atoms with Crippen LogP contribution in [-0.4, -0.2) is 18.2 Å². The van der Waals surface area contributed by atoms with Crippen molar-refractivity contribution in [1.29, 1.82) is 0 Å². The highest BCUT2D eigenvalue weighted by molar-refractivity contribution is 9.10. The van der Waals surface area contributed by atoms with Crippen molar-refractivity contribution in [2.24, 2.45) is 11.3 Å². The van der Waals surface area contributed by atoms with E-state index in [9.17, 15) is 9.90 Å². The third-order valence-corrected chi connectivity index (χ3v) is 4.57. The van der Waals surface area contributed by atoms with Crippen molar-refractivity contribution < 1.29 is 14.6 Å². The standard InChI is InChI=1S/C15H19BrO3/c1-10-5-6-15(8-10,14(17)18)9-11-7-12(16)3-4-13(11)19-2/h3-4,7,10H,5-6,8-9H2,1-2H3,(H,17,18). The van der Waals surface area contributed by atoms with Gasteiger partial charge in [-0.15, -0.1) is 0 Å². The summed E-state index contributed by atoms with van der Waals surface area (Å²) in [7, 11) is 1.62. The van der Waals surface area contributed by atoms with Gasteiger partial charge < -0.3 is 9.84 Å². The molecule has 0 bridgehead atoms. The minimum atomic E-state index is -0.682. The Hall–Kier alpha value is -1.03. The second-order valence-corrected chi connectivity index (χ2v) is 6.48. The van der Waals surface area contributed by atoms with Crippen molar-refractivity contribution in [2.75, 3.05) is 7.11 Å². The van der Waals surface area contributed by atoms with E-state index < -0.39 is 11.4 Å². The van der Waals surface area contributed by atoms with Crippen LogP contribution in [0.5, 0.6) is 5.75 Å². The lowest BCUT2D eigenvalue weighted by molar-refractivity contribution is -0.148. The van der Waals surface area contributed by atoms with Gasteiger partial charge in [-0.05, 0) is 55.4 Å². The van der Waals surface area contributed by atoms with Gasteiger partial charge in [0.25, 0.3) is 0 Å². The molecule has 2 atom stereocenters. The fourth-order valence-electron chi connectivity index (χ4n) is 3.07. The highest BCUT2D eigenvalue weighted by atomic mass is 79.9. The van der Waals surface area contributed by atoms with Gasteiger partial charge in [0.2, 0.25) is 0 Å². The van der Waals surface area contributed by atoms with Gasteiger partial charge in [0.15, 0.2) is 0 Å². The van der Waals surface area contributed by atoms with Crippen molar-refractivity contribution in [1.82, 2.24) is 0 Å². The summed E-state index contributed by atoms with van der Waals surface area (Å²) in [6.45, 7) is 2.13. The summed E-state index contributed by atoms with van der Waals surface area (Å²) in [4.78, 5) is 11.7. The monoisotopic (exact) mass is 326 g/mol. The van der Waals surface area contributed by atoms with Gasteiger partial charge in [0.05, 0.1) is 12.5 Å². The first kappa shape index (κ1) is 14.4. The minimum absolute atomic E-state index is 0.481. The second-order valence-electron chi connectivity index (χ2n) is 5.57. The van der Waals surface area contributed by atoms with Gasteiger partial charge in [-0.25, -0.2) is 0 Å². The maximum atomic E-state index is 11.7. The lowest BCUT2D eigenvalue weighted by Gasteiger charge is -2.25. The van der Waals surface area contributed by atoms with Gasteiger partial charge in [0, 0.05) is 4.47 Å². The predicted molar refractivity (Wildman–Crippen MR) is 77.5 cm³/mol. The summed E-state index contributed by atoms with van der Waals surface area (Å²) < 4.78 is 6.30. The molecule has 0 radical (unpaired) electrons. The number of rotatable bonds is 4. The van der Waals surface area contributed by atoms with Crippen LogP contribution in [0, 0.1) is 11.3 Å². The Labute approximate surface area is 122 Å². The zero-order valence-electron chi connectivity index (χ0n) is 11.3. The van der Waals surface area contributed by atoms with Crippen molar-refractivity contribution >= 4 is 21.9 Å². The third-order valence-electron chi connectivity index (χ3n) is 4.08. The molecule has 0 amide bonds. The van der Waals surface area contributed by atoms with Crippen LogP contribution in [-0.2, 0) is 11.2 Å². The number of aliphatic carboxylic acids is 1. The lowest BCUT2D eigenvalue weighted by atomic mass is 9.79. The van der Waals surface area contributed by atoms with Crippen molar-refractivity contribution in [3.8, 4) is 5.75 Å². The molecular weight excluding hydrogens is 308 g/mol. The molecular formula is C15H19BrO3. The minimum Gasteiger partial charge on any atom is -0.496 e. The molecule has 19 heavy (non-hydrogen) atoms. The van der Waals surface area contributed by atoms with Crippen LogP contribution >= 0.6 is 15.9 Å². The Morgan fingerprint density at radius 2 is 2.32 bits per heavy atom. The summed E-state index contributed by atoms with van der Waals surface area (Å²) in [6, 6.07) is 5.76. The number of benzene rings is 1. The van der Waals surface area contributed by atoms with E-state index >= 15 is 0 Å². The fraction of sp³-hybridized carbons (Fsp3) is 0.533. The van der Waals surface area contributed by atoms with Crippen LogP contribution in [0.1, 0.15) is 31.7 Å². The number of carboxylic acids is 1. The van der Waals surface area contributed by atoms with Gasteiger partial charge in [-0.2, -0.15) is 0 Å². The number of hydrogen-bond donors (Lipinski definition) is 1. The molecule has 1 aromatic rings. The quantitative estimate of drug-likeness (QED) is 0.912. The van der Waals surface area contributed by atoms with Crippen molar-refractivity contribution in [3.63, 3.8) is 0 Å². The van der Waals surface area contributed by atoms with Crippen LogP contribution in [0.4, 0.5) is 0 Å². The van der Waals surface area contributed by atoms with E-state index in [1.54, 1.807) is 7.11 Å². The number of carboxylic acid groups (broad SMARTS) is 1. The summed E-state index contributed by atoms with van der Waals surface area (Å²) in [5, 5.41) is 9.62. The molecule has 2 unspecified atom stereocenters. The average Bonchev–Trinajstić information content (AvgIpc) is 2.72. The highest BCUT2D eigenvalue weighted by Crippen LogP contribution is 2.45. The molecule has 4 heteroatoms. The molecule has 1 N–H and O–H groups in total. The van der Waals surface area contributed by atoms with Crippen LogP contribution in [0.3, 0.4) is 0 Å². The molecule has 0 spiro atoms. The van der Waals surface area contributed by atoms with Crippen molar-refractivity contribution in [3.05, 3.63) is 28.2 Å². The summed E-state index contributed by atoms with van der Waals surface area (Å²) in [5.74, 6) is 0.566. The summed E-state index contributed by atoms with van der Waals surface area (Å²) in [6.07, 6.45) is 3.02. The Bertz CT molecular complexity index is 486. The molecule has 1 aromatic carbocycles. The summed E-state index contributed by atoms with van der Waals surface area (Å²) >= 11 is 3.44. The molecule has 0 saturated heterocycles. The van der Waals surface area contributed by atoms with E-state index in [0.717, 1.165) is 35.0 Å². The number of hydrogen-bond acceptors (Lipinski definition) is 2. The molecule has 0 heterocycles. The van der Waals surface area contributed by atoms with E-state index in [1.165, 1.54) is 0 Å². The normalized spacial score (nSPS) is 26.4. The van der Waals surface area contributed by atoms with Crippen molar-refractivity contribution in [2.45, 2.75) is 32.6 Å². The molecule has 1 saturated carbocycles. The van der Waals surface area contributed by atoms with E-state index in [-0.39, 0.29) is 0 Å². The molecule has 1 aliphatic rings. The molecule has 104 valence electrons. The van der Waals surface area contributed by atoms with Gasteiger partial charge in [-0.1, -0.05) is 22.9 Å². The van der Waals surface area contributed by atoms with Crippen LogP contribution in [0.25, 0.3) is 0 Å². The summed E-state index contributed by atoms with van der Waals surface area (Å²) in [5.41, 5.74) is 0.335. The molecule has 2 rings (SSSR count). The highest BCUT2D eigenvalue weighted by Gasteiger charge is 2.44. The Balaban J connectivity index is 2.32. The number of carbonyl (C=O) groups is 1. The first-order chi connectivity index (χ1) is 8.97.